The number of para-hydroxylation sites is 2. The topological polar surface area (TPSA) is 33.1 Å². The summed E-state index contributed by atoms with van der Waals surface area (Å²) in [7, 11) is 4.69. The summed E-state index contributed by atoms with van der Waals surface area (Å²) >= 11 is 1.62. The van der Waals surface area contributed by atoms with E-state index in [1.807, 2.05) is 0 Å². The van der Waals surface area contributed by atoms with Crippen molar-refractivity contribution in [2.45, 2.75) is 90.3 Å². The van der Waals surface area contributed by atoms with E-state index in [0.29, 0.717) is 0 Å². The van der Waals surface area contributed by atoms with E-state index in [0.717, 1.165) is 29.7 Å². The van der Waals surface area contributed by atoms with Gasteiger partial charge in [-0.15, -0.1) is 0 Å². The van der Waals surface area contributed by atoms with E-state index in [-0.39, 0.29) is 0 Å². The summed E-state index contributed by atoms with van der Waals surface area (Å²) in [4.78, 5) is 5.35. The van der Waals surface area contributed by atoms with E-state index in [1.54, 1.807) is 17.3 Å². The van der Waals surface area contributed by atoms with E-state index in [1.165, 1.54) is 45.3 Å². The molecule has 0 unspecified atom stereocenters. The van der Waals surface area contributed by atoms with Gasteiger partial charge in [0.2, 0.25) is 0 Å². The Bertz CT molecular complexity index is 917. The van der Waals surface area contributed by atoms with Crippen LogP contribution in [-0.4, -0.2) is 39.8 Å². The van der Waals surface area contributed by atoms with E-state index in [4.69, 9.17) is 10.1 Å². The summed E-state index contributed by atoms with van der Waals surface area (Å²) in [5, 5.41) is 9.59. The first-order valence-corrected chi connectivity index (χ1v) is 18.4. The Labute approximate surface area is 224 Å². The summed E-state index contributed by atoms with van der Waals surface area (Å²) in [6.45, 7) is 19.2. The van der Waals surface area contributed by atoms with Gasteiger partial charge in [0.05, 0.1) is 46.0 Å². The number of hydrogen-bond donors (Lipinski definition) is 1. The maximum absolute atomic E-state index is 7.00. The molecule has 3 rings (SSSR count). The van der Waals surface area contributed by atoms with Crippen LogP contribution in [0.15, 0.2) is 42.5 Å². The van der Waals surface area contributed by atoms with Gasteiger partial charge in [-0.3, -0.25) is 0 Å². The standard InChI is InChI=1S/C27H39NP2.CH4O.ClH.Ru.H/c1-18(2)29(19(3)4)16-24-13-9-11-22-15-23-12-10-14-25(27(23)28-26(22)24)17-30(20(5)6)21(7)8;1-2;;;/h9-15,18-21H,16-17H2,1-8H3;2H,1H3;1H;;/q;;;+1;/p+1. The Balaban J connectivity index is 0.00000137. The van der Waals surface area contributed by atoms with E-state index >= 15 is 0 Å². The zero-order valence-electron chi connectivity index (χ0n) is 22.4. The van der Waals surface area contributed by atoms with Gasteiger partial charge in [0.1, 0.15) is 0 Å². The van der Waals surface area contributed by atoms with E-state index in [2.05, 4.69) is 108 Å². The van der Waals surface area contributed by atoms with Crippen LogP contribution in [0.1, 0.15) is 66.5 Å². The Hall–Kier alpha value is -0.157. The molecule has 0 fully saturated rings. The molecule has 0 aliphatic carbocycles. The Morgan fingerprint density at radius 1 is 0.676 bits per heavy atom. The third-order valence-electron chi connectivity index (χ3n) is 6.59. The van der Waals surface area contributed by atoms with Gasteiger partial charge in [0, 0.05) is 44.9 Å². The first kappa shape index (κ1) is 31.9. The van der Waals surface area contributed by atoms with Crippen molar-refractivity contribution in [3.63, 3.8) is 0 Å². The first-order chi connectivity index (χ1) is 16.2. The fourth-order valence-corrected chi connectivity index (χ4v) is 10.6. The number of aliphatic hydroxyl groups is 1. The summed E-state index contributed by atoms with van der Waals surface area (Å²) in [5.41, 5.74) is 8.52. The number of benzene rings is 2. The average Bonchev–Trinajstić information content (AvgIpc) is 2.81. The first-order valence-electron chi connectivity index (χ1n) is 12.3. The zero-order valence-corrected chi connectivity index (χ0v) is 27.0. The predicted molar refractivity (Wildman–Crippen MR) is 159 cm³/mol. The number of aliphatic hydroxyl groups excluding tert-OH is 1. The zero-order chi connectivity index (χ0) is 26.0. The number of pyridine rings is 1. The third-order valence-corrected chi connectivity index (χ3v) is 14.1. The quantitative estimate of drug-likeness (QED) is 0.158. The van der Waals surface area contributed by atoms with Crippen LogP contribution in [-0.2, 0) is 29.6 Å². The second kappa shape index (κ2) is 15.8. The summed E-state index contributed by atoms with van der Waals surface area (Å²) < 4.78 is 0. The van der Waals surface area contributed by atoms with Crippen molar-refractivity contribution >= 4 is 47.3 Å². The molecule has 0 bridgehead atoms. The molecule has 192 valence electrons. The van der Waals surface area contributed by atoms with Crippen molar-refractivity contribution in [1.29, 1.82) is 0 Å². The Morgan fingerprint density at radius 3 is 1.29 bits per heavy atom. The van der Waals surface area contributed by atoms with Crippen molar-refractivity contribution in [3.8, 4) is 0 Å². The molecule has 6 heteroatoms. The third kappa shape index (κ3) is 8.46. The van der Waals surface area contributed by atoms with E-state index in [9.17, 15) is 0 Å². The van der Waals surface area contributed by atoms with Crippen molar-refractivity contribution in [2.75, 3.05) is 7.11 Å². The molecule has 0 saturated carbocycles. The summed E-state index contributed by atoms with van der Waals surface area (Å²) in [5.74, 6) is 0. The number of halogens is 1. The van der Waals surface area contributed by atoms with Crippen LogP contribution in [0.4, 0.5) is 0 Å². The monoisotopic (exact) mass is 611 g/mol. The molecule has 1 aromatic heterocycles. The number of hydrogen-bond acceptors (Lipinski definition) is 2. The van der Waals surface area contributed by atoms with Gasteiger partial charge in [-0.25, -0.2) is 4.98 Å². The van der Waals surface area contributed by atoms with Crippen molar-refractivity contribution < 1.29 is 22.4 Å². The van der Waals surface area contributed by atoms with Gasteiger partial charge in [0.25, 0.3) is 0 Å². The molecule has 0 aliphatic heterocycles. The average molecular weight is 611 g/mol. The molecule has 0 radical (unpaired) electrons. The molecule has 0 aliphatic rings. The minimum atomic E-state index is -0.460. The normalized spacial score (nSPS) is 11.6. The minimum absolute atomic E-state index is 0.460. The molecule has 0 atom stereocenters. The van der Waals surface area contributed by atoms with Crippen LogP contribution in [0, 0.1) is 0 Å². The predicted octanol–water partition coefficient (Wildman–Crippen LogP) is 8.48. The van der Waals surface area contributed by atoms with Gasteiger partial charge >= 0.3 is 27.0 Å². The molecular weight excluding hydrogens is 565 g/mol. The number of rotatable bonds is 8. The summed E-state index contributed by atoms with van der Waals surface area (Å²) in [6.07, 6.45) is 2.43. The number of fused-ring (bicyclic) bond motifs is 2. The van der Waals surface area contributed by atoms with Crippen LogP contribution >= 0.6 is 25.5 Å². The molecular formula is C28H46ClNOP2Ru+2. The molecule has 0 spiro atoms. The van der Waals surface area contributed by atoms with Crippen LogP contribution in [0.25, 0.3) is 21.8 Å². The van der Waals surface area contributed by atoms with Gasteiger partial charge in [-0.2, -0.15) is 0 Å². The van der Waals surface area contributed by atoms with Crippen LogP contribution in [0.2, 0.25) is 0 Å². The molecule has 34 heavy (non-hydrogen) atoms. The SMILES string of the molecule is CC(C)[PH+](Cc1cccc2cc3cccc(C[PH+](C(C)C)C(C)C)c3nc12)C(C)C.CO.[Cl][RuH]. The fourth-order valence-electron chi connectivity index (χ4n) is 4.88. The molecule has 0 amide bonds. The Kier molecular flexibility index (Phi) is 14.9. The van der Waals surface area contributed by atoms with E-state index < -0.39 is 15.8 Å². The van der Waals surface area contributed by atoms with Crippen LogP contribution in [0.5, 0.6) is 0 Å². The van der Waals surface area contributed by atoms with Gasteiger partial charge in [-0.1, -0.05) is 36.4 Å². The number of nitrogens with zero attached hydrogens (tertiary/aromatic N) is 1. The second-order valence-corrected chi connectivity index (χ2v) is 17.7. The fraction of sp³-hybridized carbons (Fsp3) is 0.536. The van der Waals surface area contributed by atoms with Crippen molar-refractivity contribution in [3.05, 3.63) is 53.6 Å². The molecule has 1 heterocycles. The van der Waals surface area contributed by atoms with Crippen LogP contribution in [0.3, 0.4) is 0 Å². The summed E-state index contributed by atoms with van der Waals surface area (Å²) in [6, 6.07) is 16.0. The molecule has 3 aromatic rings. The van der Waals surface area contributed by atoms with Crippen molar-refractivity contribution in [1.82, 2.24) is 4.98 Å². The maximum atomic E-state index is 7.00. The molecule has 2 nitrogen and oxygen atoms in total. The van der Waals surface area contributed by atoms with Gasteiger partial charge in [0.15, 0.2) is 0 Å². The van der Waals surface area contributed by atoms with Crippen LogP contribution < -0.4 is 0 Å². The van der Waals surface area contributed by atoms with Gasteiger partial charge < -0.3 is 5.11 Å². The second-order valence-electron chi connectivity index (χ2n) is 10.1. The van der Waals surface area contributed by atoms with Gasteiger partial charge in [-0.05, 0) is 61.5 Å². The number of aromatic nitrogens is 1. The molecule has 1 N–H and O–H groups in total. The van der Waals surface area contributed by atoms with Crippen molar-refractivity contribution in [2.24, 2.45) is 0 Å². The Morgan fingerprint density at radius 2 is 1.00 bits per heavy atom. The molecule has 0 saturated heterocycles. The molecule has 2 aromatic carbocycles.